The van der Waals surface area contributed by atoms with E-state index < -0.39 is 0 Å². The summed E-state index contributed by atoms with van der Waals surface area (Å²) < 4.78 is 13.0. The highest BCUT2D eigenvalue weighted by Gasteiger charge is 2.00. The molecule has 0 spiro atoms. The molecule has 0 bridgehead atoms. The second-order valence-electron chi connectivity index (χ2n) is 2.59. The van der Waals surface area contributed by atoms with Gasteiger partial charge in [0.2, 0.25) is 0 Å². The van der Waals surface area contributed by atoms with E-state index in [1.807, 2.05) is 0 Å². The molecule has 12 heavy (non-hydrogen) atoms. The van der Waals surface area contributed by atoms with Gasteiger partial charge in [-0.3, -0.25) is 4.98 Å². The van der Waals surface area contributed by atoms with Crippen LogP contribution in [0.15, 0.2) is 18.3 Å². The molecule has 1 radical (unpaired) electrons. The summed E-state index contributed by atoms with van der Waals surface area (Å²) >= 11 is 0. The van der Waals surface area contributed by atoms with Crippen LogP contribution in [0.1, 0.15) is 5.56 Å². The average Bonchev–Trinajstić information content (AvgIpc) is 2.07. The summed E-state index contributed by atoms with van der Waals surface area (Å²) in [7, 11) is 0. The monoisotopic (exact) mass is 161 g/mol. The lowest BCUT2D eigenvalue weighted by atomic mass is 10.2. The van der Waals surface area contributed by atoms with Crippen LogP contribution in [0.2, 0.25) is 0 Å². The quantitative estimate of drug-likeness (QED) is 0.589. The third kappa shape index (κ3) is 1.03. The summed E-state index contributed by atoms with van der Waals surface area (Å²) in [4.78, 5) is 7.85. The molecular weight excluding hydrogens is 155 g/mol. The minimum atomic E-state index is -0.247. The van der Waals surface area contributed by atoms with Gasteiger partial charge in [0.25, 0.3) is 0 Å². The first-order valence-corrected chi connectivity index (χ1v) is 3.56. The van der Waals surface area contributed by atoms with Crippen molar-refractivity contribution in [3.05, 3.63) is 35.9 Å². The van der Waals surface area contributed by atoms with Crippen molar-refractivity contribution in [3.63, 3.8) is 0 Å². The highest BCUT2D eigenvalue weighted by atomic mass is 19.1. The molecule has 2 aromatic rings. The third-order valence-corrected chi connectivity index (χ3v) is 1.70. The van der Waals surface area contributed by atoms with E-state index in [0.717, 1.165) is 0 Å². The number of hydrogen-bond acceptors (Lipinski definition) is 2. The molecule has 59 valence electrons. The van der Waals surface area contributed by atoms with Crippen molar-refractivity contribution in [2.24, 2.45) is 0 Å². The number of hydrogen-bond donors (Lipinski definition) is 0. The first kappa shape index (κ1) is 7.16. The number of aromatic nitrogens is 2. The maximum atomic E-state index is 13.0. The van der Waals surface area contributed by atoms with Gasteiger partial charge in [-0.1, -0.05) is 0 Å². The Morgan fingerprint density at radius 1 is 1.33 bits per heavy atom. The topological polar surface area (TPSA) is 25.8 Å². The minimum Gasteiger partial charge on any atom is -0.252 e. The Kier molecular flexibility index (Phi) is 1.50. The van der Waals surface area contributed by atoms with Crippen LogP contribution in [0.25, 0.3) is 11.0 Å². The second-order valence-corrected chi connectivity index (χ2v) is 2.59. The largest absolute Gasteiger partial charge is 0.252 e. The van der Waals surface area contributed by atoms with Gasteiger partial charge >= 0.3 is 0 Å². The van der Waals surface area contributed by atoms with Crippen LogP contribution in [0.5, 0.6) is 0 Å². The van der Waals surface area contributed by atoms with Gasteiger partial charge in [-0.25, -0.2) is 9.37 Å². The number of rotatable bonds is 0. The van der Waals surface area contributed by atoms with E-state index >= 15 is 0 Å². The fourth-order valence-corrected chi connectivity index (χ4v) is 1.05. The molecule has 1 aromatic carbocycles. The molecule has 1 aromatic heterocycles. The van der Waals surface area contributed by atoms with E-state index in [9.17, 15) is 4.39 Å². The number of fused-ring (bicyclic) bond motifs is 1. The summed E-state index contributed by atoms with van der Waals surface area (Å²) in [6, 6.07) is 3.04. The maximum absolute atomic E-state index is 13.0. The first-order chi connectivity index (χ1) is 5.77. The minimum absolute atomic E-state index is 0.247. The van der Waals surface area contributed by atoms with Crippen LogP contribution in [-0.4, -0.2) is 9.97 Å². The van der Waals surface area contributed by atoms with Crippen LogP contribution >= 0.6 is 0 Å². The van der Waals surface area contributed by atoms with Gasteiger partial charge in [0.05, 0.1) is 17.2 Å². The molecule has 0 fully saturated rings. The molecule has 0 aliphatic rings. The van der Waals surface area contributed by atoms with Gasteiger partial charge in [-0.15, -0.1) is 0 Å². The van der Waals surface area contributed by atoms with Crippen molar-refractivity contribution in [1.29, 1.82) is 0 Å². The van der Waals surface area contributed by atoms with Crippen molar-refractivity contribution < 1.29 is 4.39 Å². The average molecular weight is 161 g/mol. The van der Waals surface area contributed by atoms with Gasteiger partial charge in [-0.05, 0) is 18.6 Å². The fraction of sp³-hybridized carbons (Fsp3) is 0.111. The second kappa shape index (κ2) is 2.52. The fourth-order valence-electron chi connectivity index (χ4n) is 1.05. The number of benzene rings is 1. The van der Waals surface area contributed by atoms with Crippen LogP contribution in [-0.2, 0) is 0 Å². The Bertz CT molecular complexity index is 385. The predicted molar refractivity (Wildman–Crippen MR) is 43.1 cm³/mol. The number of aryl methyl sites for hydroxylation is 1. The molecule has 0 saturated heterocycles. The van der Waals surface area contributed by atoms with Crippen LogP contribution in [0, 0.1) is 18.9 Å². The highest BCUT2D eigenvalue weighted by Crippen LogP contribution is 2.13. The SMILES string of the molecule is Cc1cc2n[c]cnc2cc1F. The zero-order chi connectivity index (χ0) is 8.55. The number of nitrogens with zero attached hydrogens (tertiary/aromatic N) is 2. The number of halogens is 1. The lowest BCUT2D eigenvalue weighted by Crippen LogP contribution is -1.87. The van der Waals surface area contributed by atoms with E-state index in [0.29, 0.717) is 16.6 Å². The van der Waals surface area contributed by atoms with Crippen molar-refractivity contribution in [1.82, 2.24) is 9.97 Å². The lowest BCUT2D eigenvalue weighted by Gasteiger charge is -1.97. The molecule has 0 saturated carbocycles. The van der Waals surface area contributed by atoms with Crippen molar-refractivity contribution in [2.45, 2.75) is 6.92 Å². The van der Waals surface area contributed by atoms with Crippen molar-refractivity contribution >= 4 is 11.0 Å². The molecule has 0 aliphatic heterocycles. The Hall–Kier alpha value is -1.51. The predicted octanol–water partition coefficient (Wildman–Crippen LogP) is 1.88. The first-order valence-electron chi connectivity index (χ1n) is 3.56. The molecule has 1 heterocycles. The van der Waals surface area contributed by atoms with Crippen molar-refractivity contribution in [2.75, 3.05) is 0 Å². The van der Waals surface area contributed by atoms with Crippen molar-refractivity contribution in [3.8, 4) is 0 Å². The van der Waals surface area contributed by atoms with E-state index in [-0.39, 0.29) is 5.82 Å². The summed E-state index contributed by atoms with van der Waals surface area (Å²) in [5.74, 6) is -0.247. The van der Waals surface area contributed by atoms with Gasteiger partial charge in [0.1, 0.15) is 12.0 Å². The molecule has 0 amide bonds. The van der Waals surface area contributed by atoms with Crippen LogP contribution in [0.4, 0.5) is 4.39 Å². The van der Waals surface area contributed by atoms with E-state index in [1.165, 1.54) is 12.3 Å². The standard InChI is InChI=1S/C9H6FN2/c1-6-4-8-9(5-7(6)10)12-3-2-11-8/h3-5H,1H3. The Morgan fingerprint density at radius 2 is 2.17 bits per heavy atom. The van der Waals surface area contributed by atoms with Crippen LogP contribution < -0.4 is 0 Å². The van der Waals surface area contributed by atoms with Gasteiger partial charge in [0, 0.05) is 6.07 Å². The molecule has 0 N–H and O–H groups in total. The normalized spacial score (nSPS) is 10.5. The Labute approximate surface area is 69.1 Å². The molecule has 3 heteroatoms. The van der Waals surface area contributed by atoms with Crippen LogP contribution in [0.3, 0.4) is 0 Å². The molecule has 0 unspecified atom stereocenters. The summed E-state index contributed by atoms with van der Waals surface area (Å²) in [5, 5.41) is 0. The van der Waals surface area contributed by atoms with E-state index in [1.54, 1.807) is 13.0 Å². The highest BCUT2D eigenvalue weighted by molar-refractivity contribution is 5.74. The molecule has 2 rings (SSSR count). The van der Waals surface area contributed by atoms with Gasteiger partial charge in [-0.2, -0.15) is 0 Å². The van der Waals surface area contributed by atoms with Gasteiger partial charge < -0.3 is 0 Å². The molecule has 2 nitrogen and oxygen atoms in total. The smallest absolute Gasteiger partial charge is 0.128 e. The van der Waals surface area contributed by atoms with Gasteiger partial charge in [0.15, 0.2) is 0 Å². The van der Waals surface area contributed by atoms with E-state index in [2.05, 4.69) is 16.2 Å². The third-order valence-electron chi connectivity index (χ3n) is 1.70. The maximum Gasteiger partial charge on any atom is 0.128 e. The zero-order valence-corrected chi connectivity index (χ0v) is 6.50. The van der Waals surface area contributed by atoms with E-state index in [4.69, 9.17) is 0 Å². The summed E-state index contributed by atoms with van der Waals surface area (Å²) in [6.07, 6.45) is 4.03. The zero-order valence-electron chi connectivity index (χ0n) is 6.50. The summed E-state index contributed by atoms with van der Waals surface area (Å²) in [5.41, 5.74) is 1.82. The lowest BCUT2D eigenvalue weighted by molar-refractivity contribution is 0.620. The Balaban J connectivity index is 2.84. The molecular formula is C9H6FN2. The molecule has 0 atom stereocenters. The Morgan fingerprint density at radius 3 is 3.00 bits per heavy atom. The summed E-state index contributed by atoms with van der Waals surface area (Å²) in [6.45, 7) is 1.70. The molecule has 0 aliphatic carbocycles.